The second-order valence-corrected chi connectivity index (χ2v) is 4.56. The first-order chi connectivity index (χ1) is 6.09. The molecule has 0 aromatic carbocycles. The van der Waals surface area contributed by atoms with Gasteiger partial charge in [-0.1, -0.05) is 20.3 Å². The fourth-order valence-corrected chi connectivity index (χ4v) is 2.16. The highest BCUT2D eigenvalue weighted by molar-refractivity contribution is 4.91. The van der Waals surface area contributed by atoms with E-state index in [1.807, 2.05) is 0 Å². The first-order valence-electron chi connectivity index (χ1n) is 5.45. The minimum Gasteiger partial charge on any atom is -0.381 e. The van der Waals surface area contributed by atoms with Crippen LogP contribution in [0.2, 0.25) is 0 Å². The summed E-state index contributed by atoms with van der Waals surface area (Å²) in [6, 6.07) is 0. The molecule has 1 rings (SSSR count). The van der Waals surface area contributed by atoms with Gasteiger partial charge in [0.15, 0.2) is 0 Å². The van der Waals surface area contributed by atoms with E-state index < -0.39 is 0 Å². The Labute approximate surface area is 81.8 Å². The third kappa shape index (κ3) is 2.44. The van der Waals surface area contributed by atoms with Crippen molar-refractivity contribution in [2.75, 3.05) is 13.2 Å². The Kier molecular flexibility index (Phi) is 3.74. The number of nitrogens with two attached hydrogens (primary N) is 1. The predicted molar refractivity (Wildman–Crippen MR) is 55.6 cm³/mol. The van der Waals surface area contributed by atoms with Crippen LogP contribution in [-0.2, 0) is 4.74 Å². The highest BCUT2D eigenvalue weighted by Crippen LogP contribution is 2.32. The molecule has 1 saturated heterocycles. The summed E-state index contributed by atoms with van der Waals surface area (Å²) in [5, 5.41) is 0. The molecule has 0 aromatic rings. The van der Waals surface area contributed by atoms with Gasteiger partial charge in [0.25, 0.3) is 0 Å². The summed E-state index contributed by atoms with van der Waals surface area (Å²) in [6.45, 7) is 8.48. The molecule has 2 unspecified atom stereocenters. The summed E-state index contributed by atoms with van der Waals surface area (Å²) in [5.74, 6) is 1.26. The van der Waals surface area contributed by atoms with Crippen molar-refractivity contribution in [2.24, 2.45) is 17.6 Å². The first-order valence-corrected chi connectivity index (χ1v) is 5.45. The molecule has 0 radical (unpaired) electrons. The molecule has 0 amide bonds. The zero-order valence-corrected chi connectivity index (χ0v) is 9.18. The molecule has 0 spiro atoms. The van der Waals surface area contributed by atoms with Crippen LogP contribution in [-0.4, -0.2) is 18.8 Å². The molecule has 0 saturated carbocycles. The fraction of sp³-hybridized carbons (Fsp3) is 1.00. The normalized spacial score (nSPS) is 26.8. The zero-order valence-electron chi connectivity index (χ0n) is 9.18. The van der Waals surface area contributed by atoms with Gasteiger partial charge in [-0.2, -0.15) is 0 Å². The number of hydrogen-bond donors (Lipinski definition) is 1. The number of hydrogen-bond acceptors (Lipinski definition) is 2. The second kappa shape index (κ2) is 4.43. The van der Waals surface area contributed by atoms with Gasteiger partial charge in [-0.25, -0.2) is 0 Å². The molecular formula is C11H23NO. The Morgan fingerprint density at radius 1 is 1.46 bits per heavy atom. The van der Waals surface area contributed by atoms with Crippen LogP contribution in [0.1, 0.15) is 40.0 Å². The predicted octanol–water partition coefficient (Wildman–Crippen LogP) is 2.18. The largest absolute Gasteiger partial charge is 0.381 e. The molecular weight excluding hydrogens is 162 g/mol. The lowest BCUT2D eigenvalue weighted by Crippen LogP contribution is -2.51. The third-order valence-electron chi connectivity index (χ3n) is 3.78. The summed E-state index contributed by atoms with van der Waals surface area (Å²) in [6.07, 6.45) is 3.44. The van der Waals surface area contributed by atoms with Crippen LogP contribution in [0.4, 0.5) is 0 Å². The van der Waals surface area contributed by atoms with Crippen molar-refractivity contribution >= 4 is 0 Å². The van der Waals surface area contributed by atoms with Gasteiger partial charge in [0.05, 0.1) is 0 Å². The fourth-order valence-electron chi connectivity index (χ4n) is 2.16. The average molecular weight is 185 g/mol. The molecule has 1 fully saturated rings. The maximum Gasteiger partial charge on any atom is 0.0469 e. The van der Waals surface area contributed by atoms with Crippen molar-refractivity contribution in [3.8, 4) is 0 Å². The van der Waals surface area contributed by atoms with Gasteiger partial charge in [0.1, 0.15) is 0 Å². The van der Waals surface area contributed by atoms with Gasteiger partial charge in [-0.05, 0) is 31.6 Å². The Bertz CT molecular complexity index is 150. The lowest BCUT2D eigenvalue weighted by molar-refractivity contribution is 0.0287. The standard InChI is InChI=1S/C11H23NO/c1-4-9(2)11(3,12)10-5-7-13-8-6-10/h9-10H,4-8,12H2,1-3H3. The van der Waals surface area contributed by atoms with E-state index in [1.54, 1.807) is 0 Å². The molecule has 78 valence electrons. The lowest BCUT2D eigenvalue weighted by Gasteiger charge is -2.41. The van der Waals surface area contributed by atoms with Gasteiger partial charge in [-0.3, -0.25) is 0 Å². The van der Waals surface area contributed by atoms with E-state index in [-0.39, 0.29) is 5.54 Å². The van der Waals surface area contributed by atoms with E-state index in [0.29, 0.717) is 11.8 Å². The average Bonchev–Trinajstić information content (AvgIpc) is 2.18. The van der Waals surface area contributed by atoms with Gasteiger partial charge < -0.3 is 10.5 Å². The van der Waals surface area contributed by atoms with Crippen molar-refractivity contribution < 1.29 is 4.74 Å². The molecule has 0 aliphatic carbocycles. The van der Waals surface area contributed by atoms with E-state index in [1.165, 1.54) is 6.42 Å². The minimum atomic E-state index is -0.00146. The van der Waals surface area contributed by atoms with E-state index in [4.69, 9.17) is 10.5 Å². The highest BCUT2D eigenvalue weighted by Gasteiger charge is 2.35. The van der Waals surface area contributed by atoms with Crippen LogP contribution in [0.25, 0.3) is 0 Å². The molecule has 2 N–H and O–H groups in total. The van der Waals surface area contributed by atoms with Crippen molar-refractivity contribution in [1.82, 2.24) is 0 Å². The zero-order chi connectivity index (χ0) is 9.90. The Balaban J connectivity index is 2.55. The van der Waals surface area contributed by atoms with Crippen molar-refractivity contribution in [1.29, 1.82) is 0 Å². The van der Waals surface area contributed by atoms with E-state index in [0.717, 1.165) is 26.1 Å². The molecule has 1 aliphatic heterocycles. The van der Waals surface area contributed by atoms with Crippen molar-refractivity contribution in [3.05, 3.63) is 0 Å². The first kappa shape index (κ1) is 11.0. The Morgan fingerprint density at radius 2 is 2.00 bits per heavy atom. The highest BCUT2D eigenvalue weighted by atomic mass is 16.5. The number of ether oxygens (including phenoxy) is 1. The van der Waals surface area contributed by atoms with E-state index >= 15 is 0 Å². The van der Waals surface area contributed by atoms with Crippen LogP contribution in [0, 0.1) is 11.8 Å². The molecule has 2 nitrogen and oxygen atoms in total. The van der Waals surface area contributed by atoms with E-state index in [2.05, 4.69) is 20.8 Å². The summed E-state index contributed by atoms with van der Waals surface area (Å²) in [4.78, 5) is 0. The second-order valence-electron chi connectivity index (χ2n) is 4.56. The molecule has 13 heavy (non-hydrogen) atoms. The Morgan fingerprint density at radius 3 is 2.46 bits per heavy atom. The van der Waals surface area contributed by atoms with Crippen LogP contribution < -0.4 is 5.73 Å². The summed E-state index contributed by atoms with van der Waals surface area (Å²) in [5.41, 5.74) is 6.39. The maximum absolute atomic E-state index is 6.39. The van der Waals surface area contributed by atoms with Crippen LogP contribution >= 0.6 is 0 Å². The monoisotopic (exact) mass is 185 g/mol. The molecule has 1 aliphatic rings. The van der Waals surface area contributed by atoms with Crippen LogP contribution in [0.5, 0.6) is 0 Å². The summed E-state index contributed by atoms with van der Waals surface area (Å²) in [7, 11) is 0. The van der Waals surface area contributed by atoms with E-state index in [9.17, 15) is 0 Å². The van der Waals surface area contributed by atoms with Crippen molar-refractivity contribution in [2.45, 2.75) is 45.6 Å². The number of rotatable bonds is 3. The topological polar surface area (TPSA) is 35.2 Å². The Hall–Kier alpha value is -0.0800. The SMILES string of the molecule is CCC(C)C(C)(N)C1CCOCC1. The van der Waals surface area contributed by atoms with Gasteiger partial charge in [0, 0.05) is 18.8 Å². The molecule has 2 atom stereocenters. The molecule has 1 heterocycles. The lowest BCUT2D eigenvalue weighted by atomic mass is 9.72. The van der Waals surface area contributed by atoms with Crippen molar-refractivity contribution in [3.63, 3.8) is 0 Å². The quantitative estimate of drug-likeness (QED) is 0.731. The maximum atomic E-state index is 6.39. The van der Waals surface area contributed by atoms with Crippen LogP contribution in [0.3, 0.4) is 0 Å². The van der Waals surface area contributed by atoms with Gasteiger partial charge >= 0.3 is 0 Å². The van der Waals surface area contributed by atoms with Gasteiger partial charge in [0.2, 0.25) is 0 Å². The smallest absolute Gasteiger partial charge is 0.0469 e. The van der Waals surface area contributed by atoms with Crippen LogP contribution in [0.15, 0.2) is 0 Å². The molecule has 2 heteroatoms. The molecule has 0 bridgehead atoms. The third-order valence-corrected chi connectivity index (χ3v) is 3.78. The summed E-state index contributed by atoms with van der Waals surface area (Å²) < 4.78 is 5.35. The minimum absolute atomic E-state index is 0.00146. The van der Waals surface area contributed by atoms with Gasteiger partial charge in [-0.15, -0.1) is 0 Å². The summed E-state index contributed by atoms with van der Waals surface area (Å²) >= 11 is 0. The molecule has 0 aromatic heterocycles.